The van der Waals surface area contributed by atoms with E-state index in [1.165, 1.54) is 16.7 Å². The number of benzene rings is 4. The van der Waals surface area contributed by atoms with Gasteiger partial charge in [-0.1, -0.05) is 104 Å². The first-order chi connectivity index (χ1) is 18.0. The number of phenolic OH excluding ortho intramolecular Hbond substituents is 1. The van der Waals surface area contributed by atoms with Crippen LogP contribution in [-0.4, -0.2) is 34.2 Å². The van der Waals surface area contributed by atoms with Crippen LogP contribution in [0.15, 0.2) is 109 Å². The Bertz CT molecular complexity index is 1320. The molecule has 2 aliphatic rings. The third kappa shape index (κ3) is 3.98. The molecule has 6 rings (SSSR count). The van der Waals surface area contributed by atoms with Crippen LogP contribution in [0.3, 0.4) is 0 Å². The summed E-state index contributed by atoms with van der Waals surface area (Å²) in [4.78, 5) is 2.61. The molecule has 0 radical (unpaired) electrons. The Morgan fingerprint density at radius 3 is 2.05 bits per heavy atom. The Balaban J connectivity index is 1.35. The summed E-state index contributed by atoms with van der Waals surface area (Å²) >= 11 is 0. The number of hydrogen-bond acceptors (Lipinski definition) is 3. The minimum atomic E-state index is -1.04. The van der Waals surface area contributed by atoms with Crippen molar-refractivity contribution < 1.29 is 10.2 Å². The molecule has 37 heavy (non-hydrogen) atoms. The van der Waals surface area contributed by atoms with Crippen LogP contribution in [-0.2, 0) is 17.4 Å². The standard InChI is InChI=1S/C34H35NO2/c1-25-32-23-26-17-18-30(36)24-31(26)33(25,27-11-5-2-6-12-27)19-21-35(32)22-20-34(37,28-13-7-3-8-14-28)29-15-9-4-10-16-29/h2-18,24-25,32,36-37H,19-23H2,1H3/t25-,32?,33?/m1/s1. The smallest absolute Gasteiger partial charge is 0.116 e. The van der Waals surface area contributed by atoms with Gasteiger partial charge in [-0.25, -0.2) is 0 Å². The summed E-state index contributed by atoms with van der Waals surface area (Å²) in [7, 11) is 0. The minimum absolute atomic E-state index is 0.121. The largest absolute Gasteiger partial charge is 0.508 e. The van der Waals surface area contributed by atoms with Crippen LogP contribution in [0.1, 0.15) is 47.6 Å². The van der Waals surface area contributed by atoms with E-state index in [1.54, 1.807) is 0 Å². The molecule has 1 aliphatic carbocycles. The number of phenols is 1. The van der Waals surface area contributed by atoms with E-state index in [0.29, 0.717) is 24.1 Å². The predicted molar refractivity (Wildman–Crippen MR) is 149 cm³/mol. The van der Waals surface area contributed by atoms with Crippen LogP contribution in [0.25, 0.3) is 0 Å². The first-order valence-corrected chi connectivity index (χ1v) is 13.5. The molecule has 2 unspecified atom stereocenters. The second kappa shape index (κ2) is 9.48. The third-order valence-electron chi connectivity index (χ3n) is 9.17. The Labute approximate surface area is 220 Å². The molecule has 4 aromatic carbocycles. The fraction of sp³-hybridized carbons (Fsp3) is 0.294. The number of aromatic hydroxyl groups is 1. The molecular formula is C34H35NO2. The van der Waals surface area contributed by atoms with E-state index in [4.69, 9.17) is 0 Å². The van der Waals surface area contributed by atoms with E-state index >= 15 is 0 Å². The molecule has 2 N–H and O–H groups in total. The third-order valence-corrected chi connectivity index (χ3v) is 9.17. The first kappa shape index (κ1) is 24.0. The van der Waals surface area contributed by atoms with Crippen molar-refractivity contribution >= 4 is 0 Å². The maximum absolute atomic E-state index is 12.1. The number of nitrogens with zero attached hydrogens (tertiary/aromatic N) is 1. The summed E-state index contributed by atoms with van der Waals surface area (Å²) in [5.74, 6) is 0.720. The summed E-state index contributed by atoms with van der Waals surface area (Å²) in [6, 6.07) is 37.4. The molecule has 3 nitrogen and oxygen atoms in total. The highest BCUT2D eigenvalue weighted by Crippen LogP contribution is 2.53. The lowest BCUT2D eigenvalue weighted by molar-refractivity contribution is 0.00896. The highest BCUT2D eigenvalue weighted by atomic mass is 16.3. The number of hydrogen-bond donors (Lipinski definition) is 2. The molecule has 1 heterocycles. The topological polar surface area (TPSA) is 43.7 Å². The highest BCUT2D eigenvalue weighted by molar-refractivity contribution is 5.51. The maximum Gasteiger partial charge on any atom is 0.116 e. The normalized spacial score (nSPS) is 23.4. The van der Waals surface area contributed by atoms with E-state index in [9.17, 15) is 10.2 Å². The molecule has 0 aromatic heterocycles. The number of rotatable bonds is 6. The van der Waals surface area contributed by atoms with Crippen molar-refractivity contribution in [3.05, 3.63) is 137 Å². The van der Waals surface area contributed by atoms with Crippen LogP contribution in [0.4, 0.5) is 0 Å². The van der Waals surface area contributed by atoms with E-state index in [-0.39, 0.29) is 5.41 Å². The summed E-state index contributed by atoms with van der Waals surface area (Å²) in [6.07, 6.45) is 2.58. The zero-order valence-corrected chi connectivity index (χ0v) is 21.4. The summed E-state index contributed by atoms with van der Waals surface area (Å²) in [5, 5.41) is 22.6. The fourth-order valence-electron chi connectivity index (χ4n) is 7.19. The van der Waals surface area contributed by atoms with E-state index in [0.717, 1.165) is 37.1 Å². The monoisotopic (exact) mass is 489 g/mol. The zero-order valence-electron chi connectivity index (χ0n) is 21.4. The molecule has 2 bridgehead atoms. The van der Waals surface area contributed by atoms with Crippen LogP contribution in [0.5, 0.6) is 5.75 Å². The van der Waals surface area contributed by atoms with Gasteiger partial charge in [0.15, 0.2) is 0 Å². The Kier molecular flexibility index (Phi) is 6.14. The van der Waals surface area contributed by atoms with Gasteiger partial charge in [-0.15, -0.1) is 0 Å². The Morgan fingerprint density at radius 2 is 1.43 bits per heavy atom. The van der Waals surface area contributed by atoms with E-state index in [1.807, 2.05) is 72.8 Å². The molecule has 1 saturated heterocycles. The molecule has 1 fully saturated rings. The lowest BCUT2D eigenvalue weighted by Crippen LogP contribution is -2.59. The van der Waals surface area contributed by atoms with Crippen molar-refractivity contribution in [3.63, 3.8) is 0 Å². The van der Waals surface area contributed by atoms with Crippen molar-refractivity contribution in [2.24, 2.45) is 5.92 Å². The van der Waals surface area contributed by atoms with Gasteiger partial charge in [-0.05, 0) is 71.7 Å². The van der Waals surface area contributed by atoms with Crippen molar-refractivity contribution in [2.45, 2.75) is 43.2 Å². The van der Waals surface area contributed by atoms with Gasteiger partial charge in [0, 0.05) is 18.0 Å². The van der Waals surface area contributed by atoms with Crippen LogP contribution >= 0.6 is 0 Å². The van der Waals surface area contributed by atoms with Crippen molar-refractivity contribution in [1.29, 1.82) is 0 Å². The van der Waals surface area contributed by atoms with Crippen LogP contribution in [0, 0.1) is 5.92 Å². The lowest BCUT2D eigenvalue weighted by atomic mass is 9.55. The number of aliphatic hydroxyl groups is 1. The summed E-state index contributed by atoms with van der Waals surface area (Å²) < 4.78 is 0. The highest BCUT2D eigenvalue weighted by Gasteiger charge is 2.52. The predicted octanol–water partition coefficient (Wildman–Crippen LogP) is 6.27. The Hall–Kier alpha value is -3.40. The zero-order chi connectivity index (χ0) is 25.5. The Morgan fingerprint density at radius 1 is 0.838 bits per heavy atom. The molecule has 0 spiro atoms. The van der Waals surface area contributed by atoms with Gasteiger partial charge < -0.3 is 10.2 Å². The summed E-state index contributed by atoms with van der Waals surface area (Å²) in [5.41, 5.74) is 4.66. The van der Waals surface area contributed by atoms with Gasteiger partial charge in [0.05, 0.1) is 0 Å². The van der Waals surface area contributed by atoms with Crippen molar-refractivity contribution in [3.8, 4) is 5.75 Å². The summed E-state index contributed by atoms with van der Waals surface area (Å²) in [6.45, 7) is 4.16. The first-order valence-electron chi connectivity index (χ1n) is 13.5. The van der Waals surface area contributed by atoms with Gasteiger partial charge in [-0.3, -0.25) is 4.90 Å². The SMILES string of the molecule is C[C@@H]1C2Cc3ccc(O)cc3C1(c1ccccc1)CCN2CCC(O)(c1ccccc1)c1ccccc1. The molecule has 0 amide bonds. The molecular weight excluding hydrogens is 454 g/mol. The lowest BCUT2D eigenvalue weighted by Gasteiger charge is -2.56. The van der Waals surface area contributed by atoms with Gasteiger partial charge in [0.1, 0.15) is 11.4 Å². The van der Waals surface area contributed by atoms with Crippen molar-refractivity contribution in [2.75, 3.05) is 13.1 Å². The number of piperidine rings is 1. The molecule has 3 heteroatoms. The average Bonchev–Trinajstić information content (AvgIpc) is 2.95. The molecule has 188 valence electrons. The van der Waals surface area contributed by atoms with E-state index in [2.05, 4.69) is 48.2 Å². The van der Waals surface area contributed by atoms with Gasteiger partial charge >= 0.3 is 0 Å². The second-order valence-corrected chi connectivity index (χ2v) is 10.9. The molecule has 1 aliphatic heterocycles. The number of likely N-dealkylation sites (tertiary alicyclic amines) is 1. The average molecular weight is 490 g/mol. The fourth-order valence-corrected chi connectivity index (χ4v) is 7.19. The maximum atomic E-state index is 12.1. The second-order valence-electron chi connectivity index (χ2n) is 10.9. The van der Waals surface area contributed by atoms with Gasteiger partial charge in [-0.2, -0.15) is 0 Å². The minimum Gasteiger partial charge on any atom is -0.508 e. The quantitative estimate of drug-likeness (QED) is 0.335. The van der Waals surface area contributed by atoms with Crippen molar-refractivity contribution in [1.82, 2.24) is 4.90 Å². The molecule has 3 atom stereocenters. The van der Waals surface area contributed by atoms with E-state index < -0.39 is 5.60 Å². The van der Waals surface area contributed by atoms with Crippen LogP contribution in [0.2, 0.25) is 0 Å². The van der Waals surface area contributed by atoms with Crippen LogP contribution < -0.4 is 0 Å². The molecule has 4 aromatic rings. The number of fused-ring (bicyclic) bond motifs is 4. The molecule has 0 saturated carbocycles. The van der Waals surface area contributed by atoms with Gasteiger partial charge in [0.2, 0.25) is 0 Å². The van der Waals surface area contributed by atoms with Gasteiger partial charge in [0.25, 0.3) is 0 Å².